The first kappa shape index (κ1) is 15.9. The molecule has 20 heavy (non-hydrogen) atoms. The first-order chi connectivity index (χ1) is 9.23. The number of rotatable bonds is 4. The lowest BCUT2D eigenvalue weighted by molar-refractivity contribution is -0.148. The van der Waals surface area contributed by atoms with Crippen molar-refractivity contribution in [3.63, 3.8) is 0 Å². The fraction of sp³-hybridized carbons (Fsp3) is 0.583. The number of nitrogens with zero attached hydrogens (tertiary/aromatic N) is 1. The Hall–Kier alpha value is -0.440. The normalized spacial score (nSPS) is 24.1. The van der Waals surface area contributed by atoms with E-state index in [9.17, 15) is 18.3 Å². The topological polar surface area (TPSA) is 74.7 Å². The van der Waals surface area contributed by atoms with Gasteiger partial charge in [0, 0.05) is 13.1 Å². The monoisotopic (exact) mass is 381 g/mol. The van der Waals surface area contributed by atoms with Crippen LogP contribution in [0.4, 0.5) is 0 Å². The Bertz CT molecular complexity index is 620. The Morgan fingerprint density at radius 3 is 2.65 bits per heavy atom. The van der Waals surface area contributed by atoms with E-state index in [1.165, 1.54) is 4.31 Å². The summed E-state index contributed by atoms with van der Waals surface area (Å²) in [6, 6.07) is 1.62. The van der Waals surface area contributed by atoms with Gasteiger partial charge in [-0.25, -0.2) is 8.42 Å². The van der Waals surface area contributed by atoms with Gasteiger partial charge in [-0.15, -0.1) is 11.3 Å². The van der Waals surface area contributed by atoms with Crippen molar-refractivity contribution in [2.45, 2.75) is 30.9 Å². The van der Waals surface area contributed by atoms with Crippen LogP contribution in [-0.4, -0.2) is 36.9 Å². The molecule has 1 aromatic rings. The van der Waals surface area contributed by atoms with Crippen LogP contribution in [0.25, 0.3) is 0 Å². The number of hydrogen-bond donors (Lipinski definition) is 1. The van der Waals surface area contributed by atoms with E-state index in [1.807, 2.05) is 6.92 Å². The summed E-state index contributed by atoms with van der Waals surface area (Å²) in [5.74, 6) is -0.916. The van der Waals surface area contributed by atoms with Crippen LogP contribution in [0.2, 0.25) is 0 Å². The van der Waals surface area contributed by atoms with Crippen molar-refractivity contribution in [2.24, 2.45) is 5.41 Å². The molecule has 1 atom stereocenters. The average Bonchev–Trinajstić information content (AvgIpc) is 2.96. The van der Waals surface area contributed by atoms with Gasteiger partial charge in [-0.3, -0.25) is 4.79 Å². The minimum Gasteiger partial charge on any atom is -0.481 e. The number of aliphatic carboxylic acids is 1. The molecule has 1 unspecified atom stereocenters. The summed E-state index contributed by atoms with van der Waals surface area (Å²) in [6.45, 7) is 3.93. The van der Waals surface area contributed by atoms with Crippen LogP contribution in [0.1, 0.15) is 25.3 Å². The molecule has 0 aliphatic carbocycles. The molecule has 112 valence electrons. The van der Waals surface area contributed by atoms with E-state index >= 15 is 0 Å². The highest BCUT2D eigenvalue weighted by atomic mass is 79.9. The second kappa shape index (κ2) is 5.40. The van der Waals surface area contributed by atoms with Crippen molar-refractivity contribution >= 4 is 43.3 Å². The maximum absolute atomic E-state index is 12.5. The van der Waals surface area contributed by atoms with Crippen molar-refractivity contribution in [2.75, 3.05) is 13.1 Å². The summed E-state index contributed by atoms with van der Waals surface area (Å²) in [6.07, 6.45) is 0.797. The third kappa shape index (κ3) is 2.54. The van der Waals surface area contributed by atoms with Gasteiger partial charge in [0.1, 0.15) is 4.21 Å². The third-order valence-electron chi connectivity index (χ3n) is 3.88. The van der Waals surface area contributed by atoms with Gasteiger partial charge < -0.3 is 5.11 Å². The molecule has 1 aliphatic heterocycles. The SMILES string of the molecule is CCC1(C(=O)O)CCN(S(=O)(=O)c2cc(C)c(Br)s2)C1. The van der Waals surface area contributed by atoms with E-state index < -0.39 is 21.4 Å². The molecule has 0 saturated carbocycles. The Kier molecular flexibility index (Phi) is 4.30. The Balaban J connectivity index is 2.31. The third-order valence-corrected chi connectivity index (χ3v) is 8.31. The van der Waals surface area contributed by atoms with Crippen molar-refractivity contribution in [1.82, 2.24) is 4.31 Å². The summed E-state index contributed by atoms with van der Waals surface area (Å²) < 4.78 is 27.4. The van der Waals surface area contributed by atoms with Gasteiger partial charge in [0.25, 0.3) is 10.0 Å². The van der Waals surface area contributed by atoms with Crippen molar-refractivity contribution in [3.8, 4) is 0 Å². The highest BCUT2D eigenvalue weighted by molar-refractivity contribution is 9.11. The smallest absolute Gasteiger partial charge is 0.311 e. The van der Waals surface area contributed by atoms with Gasteiger partial charge in [0.2, 0.25) is 0 Å². The molecule has 1 aromatic heterocycles. The molecule has 8 heteroatoms. The van der Waals surface area contributed by atoms with Gasteiger partial charge in [-0.1, -0.05) is 6.92 Å². The van der Waals surface area contributed by atoms with E-state index in [-0.39, 0.29) is 17.3 Å². The molecular weight excluding hydrogens is 366 g/mol. The van der Waals surface area contributed by atoms with Gasteiger partial charge >= 0.3 is 5.97 Å². The molecule has 0 spiro atoms. The first-order valence-electron chi connectivity index (χ1n) is 6.22. The van der Waals surface area contributed by atoms with Crippen LogP contribution in [0.15, 0.2) is 14.1 Å². The lowest BCUT2D eigenvalue weighted by Gasteiger charge is -2.22. The van der Waals surface area contributed by atoms with Crippen LogP contribution < -0.4 is 0 Å². The molecular formula is C12H16BrNO4S2. The number of thiophene rings is 1. The molecule has 2 heterocycles. The molecule has 1 saturated heterocycles. The number of carboxylic acids is 1. The summed E-state index contributed by atoms with van der Waals surface area (Å²) in [5.41, 5.74) is -0.0795. The minimum absolute atomic E-state index is 0.0513. The van der Waals surface area contributed by atoms with Gasteiger partial charge in [0.15, 0.2) is 0 Å². The van der Waals surface area contributed by atoms with E-state index in [4.69, 9.17) is 0 Å². The predicted molar refractivity (Wildman–Crippen MR) is 80.5 cm³/mol. The van der Waals surface area contributed by atoms with Crippen molar-refractivity contribution in [3.05, 3.63) is 15.4 Å². The molecule has 0 bridgehead atoms. The molecule has 5 nitrogen and oxygen atoms in total. The zero-order chi connectivity index (χ0) is 15.1. The molecule has 1 N–H and O–H groups in total. The van der Waals surface area contributed by atoms with Gasteiger partial charge in [0.05, 0.1) is 9.20 Å². The van der Waals surface area contributed by atoms with Gasteiger partial charge in [-0.2, -0.15) is 4.31 Å². The summed E-state index contributed by atoms with van der Waals surface area (Å²) >= 11 is 4.48. The van der Waals surface area contributed by atoms with Crippen molar-refractivity contribution in [1.29, 1.82) is 0 Å². The van der Waals surface area contributed by atoms with Crippen molar-refractivity contribution < 1.29 is 18.3 Å². The lowest BCUT2D eigenvalue weighted by Crippen LogP contribution is -2.36. The fourth-order valence-electron chi connectivity index (χ4n) is 2.34. The lowest BCUT2D eigenvalue weighted by atomic mass is 9.85. The van der Waals surface area contributed by atoms with Crippen LogP contribution in [-0.2, 0) is 14.8 Å². The van der Waals surface area contributed by atoms with Gasteiger partial charge in [-0.05, 0) is 47.3 Å². The summed E-state index contributed by atoms with van der Waals surface area (Å²) in [4.78, 5) is 11.4. The zero-order valence-corrected chi connectivity index (χ0v) is 14.4. The quantitative estimate of drug-likeness (QED) is 0.869. The molecule has 0 aromatic carbocycles. The Morgan fingerprint density at radius 2 is 2.25 bits per heavy atom. The summed E-state index contributed by atoms with van der Waals surface area (Å²) in [5, 5.41) is 9.34. The molecule has 0 amide bonds. The number of carboxylic acid groups (broad SMARTS) is 1. The first-order valence-corrected chi connectivity index (χ1v) is 9.27. The van der Waals surface area contributed by atoms with E-state index in [2.05, 4.69) is 15.9 Å². The Morgan fingerprint density at radius 1 is 1.60 bits per heavy atom. The minimum atomic E-state index is -3.60. The largest absolute Gasteiger partial charge is 0.481 e. The van der Waals surface area contributed by atoms with Crippen LogP contribution in [0.3, 0.4) is 0 Å². The van der Waals surface area contributed by atoms with Crippen LogP contribution in [0, 0.1) is 12.3 Å². The highest BCUT2D eigenvalue weighted by Gasteiger charge is 2.47. The standard InChI is InChI=1S/C12H16BrNO4S2/c1-3-12(11(15)16)4-5-14(7-12)20(17,18)9-6-8(2)10(13)19-9/h6H,3-5,7H2,1-2H3,(H,15,16). The number of carbonyl (C=O) groups is 1. The molecule has 0 radical (unpaired) electrons. The Labute approximate surface area is 130 Å². The van der Waals surface area contributed by atoms with E-state index in [0.29, 0.717) is 12.8 Å². The molecule has 2 rings (SSSR count). The maximum Gasteiger partial charge on any atom is 0.311 e. The highest BCUT2D eigenvalue weighted by Crippen LogP contribution is 2.39. The van der Waals surface area contributed by atoms with Crippen LogP contribution in [0.5, 0.6) is 0 Å². The number of sulfonamides is 1. The number of halogens is 1. The molecule has 1 fully saturated rings. The fourth-order valence-corrected chi connectivity index (χ4v) is 6.25. The number of hydrogen-bond acceptors (Lipinski definition) is 4. The van der Waals surface area contributed by atoms with E-state index in [0.717, 1.165) is 20.7 Å². The average molecular weight is 382 g/mol. The molecule has 1 aliphatic rings. The second-order valence-electron chi connectivity index (χ2n) is 5.05. The van der Waals surface area contributed by atoms with E-state index in [1.54, 1.807) is 13.0 Å². The number of aryl methyl sites for hydroxylation is 1. The second-order valence-corrected chi connectivity index (χ2v) is 9.58. The van der Waals surface area contributed by atoms with Crippen LogP contribution >= 0.6 is 27.3 Å². The summed E-state index contributed by atoms with van der Waals surface area (Å²) in [7, 11) is -3.60. The zero-order valence-electron chi connectivity index (χ0n) is 11.2. The maximum atomic E-state index is 12.5. The predicted octanol–water partition coefficient (Wildman–Crippen LogP) is 2.69.